The van der Waals surface area contributed by atoms with Gasteiger partial charge in [0, 0.05) is 24.5 Å². The molecule has 1 aliphatic heterocycles. The molecule has 1 aromatic heterocycles. The number of carbonyl (C=O) groups is 1. The van der Waals surface area contributed by atoms with E-state index < -0.39 is 0 Å². The first-order valence-electron chi connectivity index (χ1n) is 6.96. The van der Waals surface area contributed by atoms with E-state index in [4.69, 9.17) is 10.5 Å². The molecule has 1 saturated heterocycles. The van der Waals surface area contributed by atoms with Crippen molar-refractivity contribution in [1.82, 2.24) is 4.90 Å². The minimum Gasteiger partial charge on any atom is -0.373 e. The molecular weight excluding hydrogens is 260 g/mol. The van der Waals surface area contributed by atoms with E-state index in [2.05, 4.69) is 11.4 Å². The van der Waals surface area contributed by atoms with Gasteiger partial charge < -0.3 is 15.4 Å². The summed E-state index contributed by atoms with van der Waals surface area (Å²) in [7, 11) is 0. The Morgan fingerprint density at radius 3 is 3.32 bits per heavy atom. The lowest BCUT2D eigenvalue weighted by Gasteiger charge is -2.35. The third-order valence-corrected chi connectivity index (χ3v) is 5.06. The van der Waals surface area contributed by atoms with Gasteiger partial charge in [-0.3, -0.25) is 4.79 Å². The lowest BCUT2D eigenvalue weighted by molar-refractivity contribution is -0.140. The van der Waals surface area contributed by atoms with Crippen molar-refractivity contribution in [3.05, 3.63) is 21.9 Å². The van der Waals surface area contributed by atoms with Crippen LogP contribution in [-0.4, -0.2) is 43.2 Å². The maximum absolute atomic E-state index is 12.7. The van der Waals surface area contributed by atoms with Crippen molar-refractivity contribution in [2.45, 2.75) is 31.3 Å². The van der Waals surface area contributed by atoms with E-state index >= 15 is 0 Å². The van der Waals surface area contributed by atoms with E-state index in [1.165, 1.54) is 10.4 Å². The molecule has 0 bridgehead atoms. The largest absolute Gasteiger partial charge is 0.373 e. The first kappa shape index (κ1) is 13.1. The van der Waals surface area contributed by atoms with Crippen LogP contribution in [0.4, 0.5) is 0 Å². The van der Waals surface area contributed by atoms with Gasteiger partial charge in [-0.1, -0.05) is 0 Å². The molecule has 1 aromatic rings. The number of amides is 1. The van der Waals surface area contributed by atoms with Gasteiger partial charge in [0.2, 0.25) is 5.91 Å². The fraction of sp³-hybridized carbons (Fsp3) is 0.643. The zero-order chi connectivity index (χ0) is 13.2. The normalized spacial score (nSPS) is 27.1. The molecule has 2 aliphatic rings. The Balaban J connectivity index is 1.74. The topological polar surface area (TPSA) is 55.6 Å². The average Bonchev–Trinajstić information content (AvgIpc) is 2.95. The molecule has 2 N–H and O–H groups in total. The average molecular weight is 280 g/mol. The fourth-order valence-electron chi connectivity index (χ4n) is 3.03. The van der Waals surface area contributed by atoms with Gasteiger partial charge in [-0.2, -0.15) is 0 Å². The van der Waals surface area contributed by atoms with Crippen LogP contribution in [0.5, 0.6) is 0 Å². The highest BCUT2D eigenvalue weighted by Crippen LogP contribution is 2.36. The molecule has 1 fully saturated rings. The first-order valence-corrected chi connectivity index (χ1v) is 7.84. The number of rotatable bonds is 2. The molecule has 104 valence electrons. The first-order chi connectivity index (χ1) is 9.29. The number of fused-ring (bicyclic) bond motifs is 1. The van der Waals surface area contributed by atoms with Crippen LogP contribution >= 0.6 is 11.3 Å². The standard InChI is InChI=1S/C14H20N2O2S/c15-8-10-9-16(5-6-18-10)14(17)12-2-1-3-13-11(12)4-7-19-13/h4,7,10,12H,1-3,5-6,8-9,15H2. The number of hydrogen-bond acceptors (Lipinski definition) is 4. The van der Waals surface area contributed by atoms with Gasteiger partial charge >= 0.3 is 0 Å². The highest BCUT2D eigenvalue weighted by molar-refractivity contribution is 7.10. The van der Waals surface area contributed by atoms with Crippen LogP contribution in [0.25, 0.3) is 0 Å². The number of morpholine rings is 1. The lowest BCUT2D eigenvalue weighted by Crippen LogP contribution is -2.49. The Morgan fingerprint density at radius 2 is 2.47 bits per heavy atom. The summed E-state index contributed by atoms with van der Waals surface area (Å²) in [5, 5.41) is 2.11. The van der Waals surface area contributed by atoms with Crippen LogP contribution in [0, 0.1) is 0 Å². The van der Waals surface area contributed by atoms with E-state index in [1.54, 1.807) is 11.3 Å². The van der Waals surface area contributed by atoms with Gasteiger partial charge in [-0.25, -0.2) is 0 Å². The SMILES string of the molecule is NCC1CN(C(=O)C2CCCc3sccc32)CCO1. The summed E-state index contributed by atoms with van der Waals surface area (Å²) < 4.78 is 5.53. The predicted octanol–water partition coefficient (Wildman–Crippen LogP) is 1.35. The summed E-state index contributed by atoms with van der Waals surface area (Å²) in [6.07, 6.45) is 3.23. The van der Waals surface area contributed by atoms with Crippen molar-refractivity contribution in [2.24, 2.45) is 5.73 Å². The molecule has 4 nitrogen and oxygen atoms in total. The van der Waals surface area contributed by atoms with E-state index in [9.17, 15) is 4.79 Å². The minimum absolute atomic E-state index is 0.00300. The van der Waals surface area contributed by atoms with Crippen LogP contribution < -0.4 is 5.73 Å². The van der Waals surface area contributed by atoms with Crippen LogP contribution in [0.1, 0.15) is 29.2 Å². The highest BCUT2D eigenvalue weighted by Gasteiger charge is 2.32. The van der Waals surface area contributed by atoms with Crippen molar-refractivity contribution >= 4 is 17.2 Å². The molecule has 2 unspecified atom stereocenters. The second-order valence-corrected chi connectivity index (χ2v) is 6.26. The number of nitrogens with zero attached hydrogens (tertiary/aromatic N) is 1. The molecule has 2 heterocycles. The maximum Gasteiger partial charge on any atom is 0.230 e. The Kier molecular flexibility index (Phi) is 3.86. The molecule has 1 amide bonds. The minimum atomic E-state index is 0.00300. The monoisotopic (exact) mass is 280 g/mol. The van der Waals surface area contributed by atoms with E-state index in [0.717, 1.165) is 19.3 Å². The van der Waals surface area contributed by atoms with Crippen molar-refractivity contribution in [2.75, 3.05) is 26.2 Å². The number of nitrogens with two attached hydrogens (primary N) is 1. The Bertz CT molecular complexity index is 460. The van der Waals surface area contributed by atoms with Gasteiger partial charge in [0.15, 0.2) is 0 Å². The molecule has 5 heteroatoms. The Hall–Kier alpha value is -0.910. The number of hydrogen-bond donors (Lipinski definition) is 1. The third kappa shape index (κ3) is 2.55. The lowest BCUT2D eigenvalue weighted by atomic mass is 9.86. The Morgan fingerprint density at radius 1 is 1.58 bits per heavy atom. The number of carbonyl (C=O) groups excluding carboxylic acids is 1. The molecule has 2 atom stereocenters. The van der Waals surface area contributed by atoms with Crippen molar-refractivity contribution in [1.29, 1.82) is 0 Å². The Labute approximate surface area is 117 Å². The molecule has 3 rings (SSSR count). The molecule has 19 heavy (non-hydrogen) atoms. The zero-order valence-corrected chi connectivity index (χ0v) is 11.8. The highest BCUT2D eigenvalue weighted by atomic mass is 32.1. The van der Waals surface area contributed by atoms with Gasteiger partial charge in [0.1, 0.15) is 0 Å². The van der Waals surface area contributed by atoms with Crippen molar-refractivity contribution < 1.29 is 9.53 Å². The molecule has 0 radical (unpaired) electrons. The number of thiophene rings is 1. The molecule has 1 aliphatic carbocycles. The van der Waals surface area contributed by atoms with E-state index in [0.29, 0.717) is 26.2 Å². The summed E-state index contributed by atoms with van der Waals surface area (Å²) >= 11 is 1.78. The van der Waals surface area contributed by atoms with Gasteiger partial charge in [-0.05, 0) is 36.3 Å². The van der Waals surface area contributed by atoms with Gasteiger partial charge in [0.25, 0.3) is 0 Å². The second-order valence-electron chi connectivity index (χ2n) is 5.26. The third-order valence-electron chi connectivity index (χ3n) is 4.06. The van der Waals surface area contributed by atoms with Crippen LogP contribution in [-0.2, 0) is 16.0 Å². The summed E-state index contributed by atoms with van der Waals surface area (Å²) in [6, 6.07) is 2.13. The maximum atomic E-state index is 12.7. The number of aryl methyl sites for hydroxylation is 1. The van der Waals surface area contributed by atoms with Crippen LogP contribution in [0.3, 0.4) is 0 Å². The second kappa shape index (κ2) is 5.61. The van der Waals surface area contributed by atoms with Crippen LogP contribution in [0.2, 0.25) is 0 Å². The zero-order valence-electron chi connectivity index (χ0n) is 11.0. The summed E-state index contributed by atoms with van der Waals surface area (Å²) in [5.41, 5.74) is 6.90. The van der Waals surface area contributed by atoms with Gasteiger partial charge in [-0.15, -0.1) is 11.3 Å². The van der Waals surface area contributed by atoms with E-state index in [-0.39, 0.29) is 17.9 Å². The smallest absolute Gasteiger partial charge is 0.230 e. The molecule has 0 spiro atoms. The molecular formula is C14H20N2O2S. The molecule has 0 saturated carbocycles. The van der Waals surface area contributed by atoms with Crippen molar-refractivity contribution in [3.8, 4) is 0 Å². The fourth-order valence-corrected chi connectivity index (χ4v) is 4.01. The van der Waals surface area contributed by atoms with Crippen LogP contribution in [0.15, 0.2) is 11.4 Å². The number of ether oxygens (including phenoxy) is 1. The van der Waals surface area contributed by atoms with Crippen molar-refractivity contribution in [3.63, 3.8) is 0 Å². The molecule has 0 aromatic carbocycles. The predicted molar refractivity (Wildman–Crippen MR) is 75.4 cm³/mol. The summed E-state index contributed by atoms with van der Waals surface area (Å²) in [4.78, 5) is 16.0. The quantitative estimate of drug-likeness (QED) is 0.890. The summed E-state index contributed by atoms with van der Waals surface area (Å²) in [5.74, 6) is 0.327. The van der Waals surface area contributed by atoms with Gasteiger partial charge in [0.05, 0.1) is 18.6 Å². The van der Waals surface area contributed by atoms with E-state index in [1.807, 2.05) is 4.90 Å². The summed E-state index contributed by atoms with van der Waals surface area (Å²) in [6.45, 7) is 2.44.